The first kappa shape index (κ1) is 11.5. The molecule has 88 valence electrons. The maximum absolute atomic E-state index is 13.4. The summed E-state index contributed by atoms with van der Waals surface area (Å²) in [6.07, 6.45) is 4.77. The third-order valence-electron chi connectivity index (χ3n) is 3.02. The van der Waals surface area contributed by atoms with E-state index in [9.17, 15) is 4.39 Å². The van der Waals surface area contributed by atoms with E-state index in [1.165, 1.54) is 25.0 Å². The molecule has 0 amide bonds. The quantitative estimate of drug-likeness (QED) is 0.765. The molecule has 1 fully saturated rings. The Labute approximate surface area is 100 Å². The molecule has 0 radical (unpaired) electrons. The van der Waals surface area contributed by atoms with Crippen LogP contribution in [0.2, 0.25) is 5.02 Å². The zero-order chi connectivity index (χ0) is 11.5. The Bertz CT molecular complexity index is 374. The molecule has 16 heavy (non-hydrogen) atoms. The number of rotatable bonds is 1. The van der Waals surface area contributed by atoms with E-state index in [-0.39, 0.29) is 5.02 Å². The van der Waals surface area contributed by atoms with Crippen LogP contribution < -0.4 is 10.6 Å². The molecule has 0 saturated carbocycles. The van der Waals surface area contributed by atoms with Crippen molar-refractivity contribution in [3.63, 3.8) is 0 Å². The number of hydrogen-bond acceptors (Lipinski definition) is 2. The van der Waals surface area contributed by atoms with Gasteiger partial charge in [0.15, 0.2) is 0 Å². The van der Waals surface area contributed by atoms with Crippen LogP contribution in [0.15, 0.2) is 12.1 Å². The van der Waals surface area contributed by atoms with Crippen molar-refractivity contribution < 1.29 is 4.39 Å². The lowest BCUT2D eigenvalue weighted by atomic mass is 10.2. The average Bonchev–Trinajstić information content (AvgIpc) is 2.52. The van der Waals surface area contributed by atoms with Gasteiger partial charge in [0.1, 0.15) is 5.82 Å². The molecule has 0 aromatic heterocycles. The van der Waals surface area contributed by atoms with Crippen LogP contribution in [-0.2, 0) is 0 Å². The first-order chi connectivity index (χ1) is 7.68. The first-order valence-corrected chi connectivity index (χ1v) is 6.06. The maximum atomic E-state index is 13.4. The van der Waals surface area contributed by atoms with E-state index in [0.29, 0.717) is 5.69 Å². The lowest BCUT2D eigenvalue weighted by molar-refractivity contribution is 0.627. The fraction of sp³-hybridized carbons (Fsp3) is 0.500. The number of hydrogen-bond donors (Lipinski definition) is 1. The molecule has 2 nitrogen and oxygen atoms in total. The van der Waals surface area contributed by atoms with Crippen LogP contribution in [-0.4, -0.2) is 13.1 Å². The van der Waals surface area contributed by atoms with Gasteiger partial charge in [-0.05, 0) is 18.9 Å². The minimum atomic E-state index is -0.393. The van der Waals surface area contributed by atoms with Gasteiger partial charge >= 0.3 is 0 Å². The summed E-state index contributed by atoms with van der Waals surface area (Å²) in [7, 11) is 0. The van der Waals surface area contributed by atoms with Gasteiger partial charge in [-0.1, -0.05) is 24.4 Å². The zero-order valence-electron chi connectivity index (χ0n) is 9.18. The highest BCUT2D eigenvalue weighted by molar-refractivity contribution is 6.31. The van der Waals surface area contributed by atoms with E-state index in [1.807, 2.05) is 0 Å². The topological polar surface area (TPSA) is 29.3 Å². The van der Waals surface area contributed by atoms with E-state index < -0.39 is 5.82 Å². The number of anilines is 2. The summed E-state index contributed by atoms with van der Waals surface area (Å²) in [4.78, 5) is 2.15. The predicted molar refractivity (Wildman–Crippen MR) is 66.5 cm³/mol. The normalized spacial score (nSPS) is 17.2. The van der Waals surface area contributed by atoms with Crippen LogP contribution in [0.1, 0.15) is 25.7 Å². The Hall–Kier alpha value is -0.960. The SMILES string of the molecule is Nc1cc(Cl)c(F)cc1N1CCCCCC1. The van der Waals surface area contributed by atoms with Crippen LogP contribution in [0, 0.1) is 5.82 Å². The maximum Gasteiger partial charge on any atom is 0.144 e. The van der Waals surface area contributed by atoms with Crippen LogP contribution in [0.4, 0.5) is 15.8 Å². The van der Waals surface area contributed by atoms with Gasteiger partial charge in [0, 0.05) is 19.2 Å². The second-order valence-corrected chi connectivity index (χ2v) is 4.63. The van der Waals surface area contributed by atoms with Crippen molar-refractivity contribution in [2.24, 2.45) is 0 Å². The molecule has 1 aliphatic heterocycles. The van der Waals surface area contributed by atoms with Gasteiger partial charge in [-0.15, -0.1) is 0 Å². The standard InChI is InChI=1S/C12H16ClFN2/c13-9-7-11(15)12(8-10(9)14)16-5-3-1-2-4-6-16/h7-8H,1-6,15H2. The summed E-state index contributed by atoms with van der Waals surface area (Å²) in [6.45, 7) is 1.90. The summed E-state index contributed by atoms with van der Waals surface area (Å²) < 4.78 is 13.4. The molecule has 0 atom stereocenters. The monoisotopic (exact) mass is 242 g/mol. The molecule has 0 aliphatic carbocycles. The van der Waals surface area contributed by atoms with Crippen LogP contribution >= 0.6 is 11.6 Å². The highest BCUT2D eigenvalue weighted by Crippen LogP contribution is 2.30. The van der Waals surface area contributed by atoms with Crippen molar-refractivity contribution in [1.29, 1.82) is 0 Å². The molecule has 1 heterocycles. The van der Waals surface area contributed by atoms with Crippen molar-refractivity contribution in [2.75, 3.05) is 23.7 Å². The Morgan fingerprint density at radius 3 is 2.38 bits per heavy atom. The van der Waals surface area contributed by atoms with Gasteiger partial charge in [0.05, 0.1) is 16.4 Å². The lowest BCUT2D eigenvalue weighted by Crippen LogP contribution is -2.25. The number of halogens is 2. The van der Waals surface area contributed by atoms with Crippen molar-refractivity contribution in [3.8, 4) is 0 Å². The van der Waals surface area contributed by atoms with Gasteiger partial charge in [0.2, 0.25) is 0 Å². The molecule has 0 spiro atoms. The van der Waals surface area contributed by atoms with Crippen LogP contribution in [0.5, 0.6) is 0 Å². The fourth-order valence-corrected chi connectivity index (χ4v) is 2.31. The highest BCUT2D eigenvalue weighted by Gasteiger charge is 2.14. The third kappa shape index (κ3) is 2.40. The molecule has 1 aromatic rings. The van der Waals surface area contributed by atoms with Crippen molar-refractivity contribution >= 4 is 23.0 Å². The van der Waals surface area contributed by atoms with Crippen molar-refractivity contribution in [2.45, 2.75) is 25.7 Å². The largest absolute Gasteiger partial charge is 0.397 e. The summed E-state index contributed by atoms with van der Waals surface area (Å²) in [5.74, 6) is -0.393. The average molecular weight is 243 g/mol. The molecular weight excluding hydrogens is 227 g/mol. The number of nitrogens with two attached hydrogens (primary N) is 1. The number of benzene rings is 1. The first-order valence-electron chi connectivity index (χ1n) is 5.68. The third-order valence-corrected chi connectivity index (χ3v) is 3.31. The molecule has 1 aromatic carbocycles. The number of nitrogens with zero attached hydrogens (tertiary/aromatic N) is 1. The molecule has 1 saturated heterocycles. The zero-order valence-corrected chi connectivity index (χ0v) is 9.93. The van der Waals surface area contributed by atoms with Crippen LogP contribution in [0.25, 0.3) is 0 Å². The predicted octanol–water partition coefficient (Wildman–Crippen LogP) is 3.44. The second-order valence-electron chi connectivity index (χ2n) is 4.23. The van der Waals surface area contributed by atoms with E-state index in [2.05, 4.69) is 4.90 Å². The lowest BCUT2D eigenvalue weighted by Gasteiger charge is -2.24. The minimum absolute atomic E-state index is 0.0936. The molecule has 0 bridgehead atoms. The smallest absolute Gasteiger partial charge is 0.144 e. The summed E-state index contributed by atoms with van der Waals surface area (Å²) >= 11 is 5.68. The van der Waals surface area contributed by atoms with Gasteiger partial charge in [0.25, 0.3) is 0 Å². The fourth-order valence-electron chi connectivity index (χ4n) is 2.14. The van der Waals surface area contributed by atoms with Gasteiger partial charge < -0.3 is 10.6 Å². The van der Waals surface area contributed by atoms with E-state index >= 15 is 0 Å². The summed E-state index contributed by atoms with van der Waals surface area (Å²) in [5.41, 5.74) is 7.22. The summed E-state index contributed by atoms with van der Waals surface area (Å²) in [6, 6.07) is 2.94. The van der Waals surface area contributed by atoms with E-state index in [4.69, 9.17) is 17.3 Å². The highest BCUT2D eigenvalue weighted by atomic mass is 35.5. The molecule has 1 aliphatic rings. The Kier molecular flexibility index (Phi) is 3.54. The molecule has 4 heteroatoms. The Balaban J connectivity index is 2.27. The minimum Gasteiger partial charge on any atom is -0.397 e. The van der Waals surface area contributed by atoms with Crippen molar-refractivity contribution in [3.05, 3.63) is 23.0 Å². The van der Waals surface area contributed by atoms with Gasteiger partial charge in [-0.3, -0.25) is 0 Å². The molecular formula is C12H16ClFN2. The van der Waals surface area contributed by atoms with Gasteiger partial charge in [-0.2, -0.15) is 0 Å². The Morgan fingerprint density at radius 1 is 1.12 bits per heavy atom. The molecule has 2 N–H and O–H groups in total. The van der Waals surface area contributed by atoms with Crippen molar-refractivity contribution in [1.82, 2.24) is 0 Å². The molecule has 0 unspecified atom stereocenters. The molecule has 2 rings (SSSR count). The Morgan fingerprint density at radius 2 is 1.75 bits per heavy atom. The van der Waals surface area contributed by atoms with E-state index in [0.717, 1.165) is 31.6 Å². The second kappa shape index (κ2) is 4.91. The van der Waals surface area contributed by atoms with E-state index in [1.54, 1.807) is 0 Å². The number of nitrogen functional groups attached to an aromatic ring is 1. The van der Waals surface area contributed by atoms with Crippen LogP contribution in [0.3, 0.4) is 0 Å². The van der Waals surface area contributed by atoms with Gasteiger partial charge in [-0.25, -0.2) is 4.39 Å². The summed E-state index contributed by atoms with van der Waals surface area (Å²) in [5, 5.41) is 0.0936.